The molecule has 1 amide bonds. The summed E-state index contributed by atoms with van der Waals surface area (Å²) in [7, 11) is 0. The van der Waals surface area contributed by atoms with E-state index in [9.17, 15) is 4.79 Å². The lowest BCUT2D eigenvalue weighted by Crippen LogP contribution is -2.14. The van der Waals surface area contributed by atoms with Gasteiger partial charge < -0.3 is 5.73 Å². The summed E-state index contributed by atoms with van der Waals surface area (Å²) < 4.78 is 1.10. The van der Waals surface area contributed by atoms with Crippen LogP contribution in [0.2, 0.25) is 0 Å². The molecule has 128 valence electrons. The molecule has 1 atom stereocenters. The Hall–Kier alpha value is -2.91. The standard InChI is InChI=1S/C23H19NOS/c1-15(16-9-4-2-5-10-16)22-21(23(24)25)20-18(13-8-14-19(20)26-22)17-11-6-3-7-12-17/h2-15H,1H3,(H2,24,25). The van der Waals surface area contributed by atoms with Gasteiger partial charge in [0.05, 0.1) is 5.56 Å². The third kappa shape index (κ3) is 2.80. The van der Waals surface area contributed by atoms with Crippen molar-refractivity contribution in [1.29, 1.82) is 0 Å². The number of carbonyl (C=O) groups excluding carboxylic acids is 1. The molecule has 0 aliphatic heterocycles. The highest BCUT2D eigenvalue weighted by Crippen LogP contribution is 2.42. The zero-order chi connectivity index (χ0) is 18.1. The predicted octanol–water partition coefficient (Wildman–Crippen LogP) is 5.82. The fraction of sp³-hybridized carbons (Fsp3) is 0.0870. The number of hydrogen-bond acceptors (Lipinski definition) is 2. The lowest BCUT2D eigenvalue weighted by molar-refractivity contribution is 0.100. The number of thiophene rings is 1. The van der Waals surface area contributed by atoms with E-state index in [4.69, 9.17) is 5.73 Å². The fourth-order valence-electron chi connectivity index (χ4n) is 3.47. The number of carbonyl (C=O) groups is 1. The van der Waals surface area contributed by atoms with Gasteiger partial charge in [-0.3, -0.25) is 4.79 Å². The highest BCUT2D eigenvalue weighted by atomic mass is 32.1. The second-order valence-corrected chi connectivity index (χ2v) is 7.47. The Morgan fingerprint density at radius 3 is 2.19 bits per heavy atom. The van der Waals surface area contributed by atoms with E-state index >= 15 is 0 Å². The van der Waals surface area contributed by atoms with E-state index in [1.807, 2.05) is 42.5 Å². The summed E-state index contributed by atoms with van der Waals surface area (Å²) in [6, 6.07) is 26.6. The van der Waals surface area contributed by atoms with Gasteiger partial charge >= 0.3 is 0 Å². The number of hydrogen-bond donors (Lipinski definition) is 1. The predicted molar refractivity (Wildman–Crippen MR) is 110 cm³/mol. The van der Waals surface area contributed by atoms with Crippen LogP contribution in [0.3, 0.4) is 0 Å². The monoisotopic (exact) mass is 357 g/mol. The quantitative estimate of drug-likeness (QED) is 0.491. The minimum Gasteiger partial charge on any atom is -0.366 e. The molecule has 2 N–H and O–H groups in total. The van der Waals surface area contributed by atoms with E-state index in [2.05, 4.69) is 43.3 Å². The second-order valence-electron chi connectivity index (χ2n) is 6.38. The van der Waals surface area contributed by atoms with Crippen LogP contribution in [0.4, 0.5) is 0 Å². The van der Waals surface area contributed by atoms with Crippen molar-refractivity contribution in [2.24, 2.45) is 5.73 Å². The first-order valence-electron chi connectivity index (χ1n) is 8.62. The largest absolute Gasteiger partial charge is 0.366 e. The van der Waals surface area contributed by atoms with Gasteiger partial charge in [-0.05, 0) is 22.8 Å². The molecule has 1 unspecified atom stereocenters. The fourth-order valence-corrected chi connectivity index (χ4v) is 4.78. The number of amides is 1. The van der Waals surface area contributed by atoms with Crippen LogP contribution in [0.25, 0.3) is 21.2 Å². The summed E-state index contributed by atoms with van der Waals surface area (Å²) in [5, 5.41) is 0.967. The Morgan fingerprint density at radius 1 is 0.885 bits per heavy atom. The molecule has 0 bridgehead atoms. The molecule has 0 saturated heterocycles. The van der Waals surface area contributed by atoms with Crippen molar-refractivity contribution in [2.45, 2.75) is 12.8 Å². The molecule has 1 aromatic heterocycles. The highest BCUT2D eigenvalue weighted by Gasteiger charge is 2.24. The van der Waals surface area contributed by atoms with Crippen LogP contribution in [0.5, 0.6) is 0 Å². The van der Waals surface area contributed by atoms with E-state index < -0.39 is 0 Å². The normalized spacial score (nSPS) is 12.2. The summed E-state index contributed by atoms with van der Waals surface area (Å²) >= 11 is 1.66. The third-order valence-electron chi connectivity index (χ3n) is 4.77. The Balaban J connectivity index is 1.99. The zero-order valence-corrected chi connectivity index (χ0v) is 15.3. The van der Waals surface area contributed by atoms with Crippen molar-refractivity contribution in [3.8, 4) is 11.1 Å². The van der Waals surface area contributed by atoms with Crippen molar-refractivity contribution in [3.05, 3.63) is 94.9 Å². The maximum Gasteiger partial charge on any atom is 0.250 e. The summed E-state index contributed by atoms with van der Waals surface area (Å²) in [5.41, 5.74) is 9.84. The molecule has 1 heterocycles. The van der Waals surface area contributed by atoms with Crippen LogP contribution in [0, 0.1) is 0 Å². The Labute approximate surface area is 156 Å². The topological polar surface area (TPSA) is 43.1 Å². The maximum atomic E-state index is 12.4. The molecule has 0 spiro atoms. The van der Waals surface area contributed by atoms with Crippen molar-refractivity contribution in [2.75, 3.05) is 0 Å². The SMILES string of the molecule is CC(c1ccccc1)c1sc2cccc(-c3ccccc3)c2c1C(N)=O. The van der Waals surface area contributed by atoms with Gasteiger partial charge in [0.15, 0.2) is 0 Å². The first kappa shape index (κ1) is 16.6. The third-order valence-corrected chi connectivity index (χ3v) is 6.10. The van der Waals surface area contributed by atoms with Gasteiger partial charge in [0.2, 0.25) is 0 Å². The number of fused-ring (bicyclic) bond motifs is 1. The number of nitrogens with two attached hydrogens (primary N) is 1. The van der Waals surface area contributed by atoms with E-state index in [0.717, 1.165) is 26.1 Å². The van der Waals surface area contributed by atoms with Crippen LogP contribution in [0.1, 0.15) is 33.6 Å². The van der Waals surface area contributed by atoms with Crippen molar-refractivity contribution >= 4 is 27.3 Å². The summed E-state index contributed by atoms with van der Waals surface area (Å²) in [5.74, 6) is -0.253. The lowest BCUT2D eigenvalue weighted by Gasteiger charge is -2.12. The number of benzene rings is 3. The Morgan fingerprint density at radius 2 is 1.54 bits per heavy atom. The van der Waals surface area contributed by atoms with E-state index in [1.54, 1.807) is 11.3 Å². The highest BCUT2D eigenvalue weighted by molar-refractivity contribution is 7.19. The molecule has 2 nitrogen and oxygen atoms in total. The van der Waals surface area contributed by atoms with Crippen molar-refractivity contribution in [3.63, 3.8) is 0 Å². The molecule has 0 fully saturated rings. The van der Waals surface area contributed by atoms with Gasteiger partial charge in [-0.1, -0.05) is 79.7 Å². The molecule has 4 rings (SSSR count). The molecule has 0 radical (unpaired) electrons. The maximum absolute atomic E-state index is 12.4. The van der Waals surface area contributed by atoms with Crippen molar-refractivity contribution in [1.82, 2.24) is 0 Å². The van der Waals surface area contributed by atoms with Gasteiger partial charge in [-0.25, -0.2) is 0 Å². The average molecular weight is 357 g/mol. The van der Waals surface area contributed by atoms with Crippen molar-refractivity contribution < 1.29 is 4.79 Å². The minimum atomic E-state index is -0.364. The van der Waals surface area contributed by atoms with Crippen LogP contribution in [-0.4, -0.2) is 5.91 Å². The molecule has 3 heteroatoms. The zero-order valence-electron chi connectivity index (χ0n) is 14.5. The summed E-state index contributed by atoms with van der Waals surface area (Å²) in [4.78, 5) is 13.5. The summed E-state index contributed by atoms with van der Waals surface area (Å²) in [6.45, 7) is 2.13. The van der Waals surface area contributed by atoms with E-state index in [-0.39, 0.29) is 11.8 Å². The van der Waals surface area contributed by atoms with Gasteiger partial charge in [-0.2, -0.15) is 0 Å². The molecule has 26 heavy (non-hydrogen) atoms. The Kier molecular flexibility index (Phi) is 4.31. The van der Waals surface area contributed by atoms with Gasteiger partial charge in [0.1, 0.15) is 0 Å². The van der Waals surface area contributed by atoms with E-state index in [1.165, 1.54) is 5.56 Å². The van der Waals surface area contributed by atoms with Crippen LogP contribution >= 0.6 is 11.3 Å². The lowest BCUT2D eigenvalue weighted by atomic mass is 9.92. The molecule has 0 saturated carbocycles. The van der Waals surface area contributed by atoms with Gasteiger partial charge in [-0.15, -0.1) is 11.3 Å². The van der Waals surface area contributed by atoms with Crippen LogP contribution in [0.15, 0.2) is 78.9 Å². The number of primary amides is 1. The van der Waals surface area contributed by atoms with Crippen LogP contribution < -0.4 is 5.73 Å². The molecule has 4 aromatic rings. The minimum absolute atomic E-state index is 0.111. The molecular formula is C23H19NOS. The average Bonchev–Trinajstić information content (AvgIpc) is 3.08. The summed E-state index contributed by atoms with van der Waals surface area (Å²) in [6.07, 6.45) is 0. The Bertz CT molecular complexity index is 1070. The smallest absolute Gasteiger partial charge is 0.250 e. The molecule has 3 aromatic carbocycles. The van der Waals surface area contributed by atoms with Gasteiger partial charge in [0, 0.05) is 20.9 Å². The van der Waals surface area contributed by atoms with Crippen LogP contribution in [-0.2, 0) is 0 Å². The molecule has 0 aliphatic rings. The molecule has 0 aliphatic carbocycles. The number of rotatable bonds is 4. The second kappa shape index (κ2) is 6.77. The first-order valence-corrected chi connectivity index (χ1v) is 9.44. The van der Waals surface area contributed by atoms with Gasteiger partial charge in [0.25, 0.3) is 5.91 Å². The molecular weight excluding hydrogens is 338 g/mol. The first-order chi connectivity index (χ1) is 12.7. The van der Waals surface area contributed by atoms with E-state index in [0.29, 0.717) is 5.56 Å².